The predicted molar refractivity (Wildman–Crippen MR) is 333 cm³/mol. The highest BCUT2D eigenvalue weighted by molar-refractivity contribution is 6.11. The van der Waals surface area contributed by atoms with E-state index in [0.717, 1.165) is 33.8 Å². The first-order chi connectivity index (χ1) is 39.7. The van der Waals surface area contributed by atoms with Gasteiger partial charge in [0.25, 0.3) is 0 Å². The zero-order valence-electron chi connectivity index (χ0n) is 43.9. The van der Waals surface area contributed by atoms with Crippen molar-refractivity contribution in [1.29, 1.82) is 0 Å². The largest absolute Gasteiger partial charge is 0.310 e. The van der Waals surface area contributed by atoms with Gasteiger partial charge >= 0.3 is 0 Å². The first-order valence-electron chi connectivity index (χ1n) is 27.8. The van der Waals surface area contributed by atoms with E-state index in [1.165, 1.54) is 99.4 Å². The van der Waals surface area contributed by atoms with Crippen LogP contribution in [0.25, 0.3) is 71.6 Å². The van der Waals surface area contributed by atoms with E-state index in [2.05, 4.69) is 325 Å². The number of fused-ring (bicyclic) bond motifs is 10. The Morgan fingerprint density at radius 1 is 0.250 bits per heavy atom. The van der Waals surface area contributed by atoms with E-state index in [9.17, 15) is 0 Å². The summed E-state index contributed by atoms with van der Waals surface area (Å²) in [5, 5.41) is 4.86. The number of anilines is 3. The second-order valence-electron chi connectivity index (χ2n) is 21.5. The summed E-state index contributed by atoms with van der Waals surface area (Å²) >= 11 is 0. The van der Waals surface area contributed by atoms with E-state index in [1.54, 1.807) is 0 Å². The Morgan fingerprint density at radius 3 is 1.19 bits per heavy atom. The van der Waals surface area contributed by atoms with Crippen molar-refractivity contribution in [2.24, 2.45) is 0 Å². The van der Waals surface area contributed by atoms with E-state index >= 15 is 0 Å². The third kappa shape index (κ3) is 6.73. The minimum atomic E-state index is -0.542. The summed E-state index contributed by atoms with van der Waals surface area (Å²) in [4.78, 5) is 2.45. The van der Waals surface area contributed by atoms with Gasteiger partial charge in [-0.15, -0.1) is 0 Å². The van der Waals surface area contributed by atoms with Gasteiger partial charge in [0, 0.05) is 33.5 Å². The fourth-order valence-electron chi connectivity index (χ4n) is 14.1. The van der Waals surface area contributed by atoms with Crippen LogP contribution in [0.4, 0.5) is 17.1 Å². The third-order valence-corrected chi connectivity index (χ3v) is 17.5. The van der Waals surface area contributed by atoms with Crippen LogP contribution >= 0.6 is 0 Å². The molecule has 0 spiro atoms. The maximum absolute atomic E-state index is 2.50. The van der Waals surface area contributed by atoms with Crippen LogP contribution in [-0.4, -0.2) is 4.57 Å². The number of benzene rings is 13. The third-order valence-electron chi connectivity index (χ3n) is 17.5. The zero-order chi connectivity index (χ0) is 52.8. The summed E-state index contributed by atoms with van der Waals surface area (Å²) < 4.78 is 2.45. The quantitative estimate of drug-likeness (QED) is 0.140. The summed E-state index contributed by atoms with van der Waals surface area (Å²) in [5.74, 6) is 0. The fourth-order valence-corrected chi connectivity index (χ4v) is 14.1. The minimum Gasteiger partial charge on any atom is -0.310 e. The first kappa shape index (κ1) is 45.9. The summed E-state index contributed by atoms with van der Waals surface area (Å²) in [6, 6.07) is 117. The van der Waals surface area contributed by atoms with Gasteiger partial charge in [0.05, 0.1) is 21.9 Å². The van der Waals surface area contributed by atoms with E-state index < -0.39 is 10.8 Å². The molecule has 0 fully saturated rings. The van der Waals surface area contributed by atoms with E-state index in [1.807, 2.05) is 0 Å². The normalized spacial score (nSPS) is 13.4. The lowest BCUT2D eigenvalue weighted by molar-refractivity contribution is 0.768. The molecular weight excluding hydrogens is 965 g/mol. The molecule has 0 aliphatic heterocycles. The number of nitrogens with zero attached hydrogens (tertiary/aromatic N) is 2. The van der Waals surface area contributed by atoms with Crippen LogP contribution in [-0.2, 0) is 10.8 Å². The standard InChI is InChI=1S/C78H52N2/c1-4-22-57(23-5-1)77(71-32-16-12-28-65(71)66-29-13-17-33-72(66)77)59-40-45-63(46-41-59)79(62-43-38-54(39-44-62)56-37-36-53-20-10-11-21-55(53)50-56)64-47-49-76-70(52-64)69-51-60(42-48-75(69)80(76)61-26-8-3-9-27-61)78(58-24-6-2-7-25-58)73-34-18-14-30-67(73)68-31-15-19-35-74(68)78/h1-52H. The molecule has 0 saturated heterocycles. The molecule has 1 heterocycles. The van der Waals surface area contributed by atoms with Gasteiger partial charge < -0.3 is 9.47 Å². The Bertz CT molecular complexity index is 4600. The van der Waals surface area contributed by atoms with Gasteiger partial charge in [0.15, 0.2) is 0 Å². The molecule has 0 bridgehead atoms. The van der Waals surface area contributed by atoms with Gasteiger partial charge in [-0.05, 0) is 161 Å². The molecule has 2 heteroatoms. The number of para-hydroxylation sites is 1. The Kier molecular flexibility index (Phi) is 10.4. The lowest BCUT2D eigenvalue weighted by Gasteiger charge is -2.34. The molecule has 14 aromatic rings. The van der Waals surface area contributed by atoms with Crippen molar-refractivity contribution >= 4 is 49.6 Å². The summed E-state index contributed by atoms with van der Waals surface area (Å²) in [6.07, 6.45) is 0. The van der Waals surface area contributed by atoms with Gasteiger partial charge in [0.2, 0.25) is 0 Å². The van der Waals surface area contributed by atoms with E-state index in [-0.39, 0.29) is 0 Å². The molecule has 0 N–H and O–H groups in total. The molecule has 2 aliphatic rings. The highest BCUT2D eigenvalue weighted by Gasteiger charge is 2.47. The summed E-state index contributed by atoms with van der Waals surface area (Å²) in [6.45, 7) is 0. The number of aromatic nitrogens is 1. The molecule has 2 aliphatic carbocycles. The Labute approximate surface area is 466 Å². The molecule has 0 atom stereocenters. The molecule has 374 valence electrons. The van der Waals surface area contributed by atoms with Crippen molar-refractivity contribution in [3.8, 4) is 39.1 Å². The Hall–Kier alpha value is -10.3. The van der Waals surface area contributed by atoms with E-state index in [0.29, 0.717) is 0 Å². The highest BCUT2D eigenvalue weighted by atomic mass is 15.1. The fraction of sp³-hybridized carbons (Fsp3) is 0.0256. The maximum Gasteiger partial charge on any atom is 0.0713 e. The Morgan fingerprint density at radius 2 is 0.637 bits per heavy atom. The van der Waals surface area contributed by atoms with Gasteiger partial charge in [-0.1, -0.05) is 243 Å². The van der Waals surface area contributed by atoms with Crippen LogP contribution in [0.2, 0.25) is 0 Å². The molecule has 80 heavy (non-hydrogen) atoms. The SMILES string of the molecule is c1ccc(-n2c3ccc(N(c4ccc(-c5ccc6ccccc6c5)cc4)c4ccc(C5(c6ccccc6)c6ccccc6-c6ccccc65)cc4)cc3c3cc(C4(c5ccccc5)c5ccccc5-c5ccccc54)ccc32)cc1. The zero-order valence-corrected chi connectivity index (χ0v) is 43.9. The topological polar surface area (TPSA) is 8.17 Å². The predicted octanol–water partition coefficient (Wildman–Crippen LogP) is 19.8. The van der Waals surface area contributed by atoms with Crippen LogP contribution < -0.4 is 4.90 Å². The number of hydrogen-bond acceptors (Lipinski definition) is 1. The molecule has 0 saturated carbocycles. The minimum absolute atomic E-state index is 0.507. The molecule has 1 aromatic heterocycles. The van der Waals surface area contributed by atoms with Crippen LogP contribution in [0.5, 0.6) is 0 Å². The van der Waals surface area contributed by atoms with Crippen molar-refractivity contribution in [2.75, 3.05) is 4.90 Å². The first-order valence-corrected chi connectivity index (χ1v) is 27.8. The van der Waals surface area contributed by atoms with Crippen molar-refractivity contribution in [2.45, 2.75) is 10.8 Å². The molecule has 2 nitrogen and oxygen atoms in total. The molecule has 0 unspecified atom stereocenters. The average Bonchev–Trinajstić information content (AvgIpc) is 3.73. The number of rotatable bonds is 9. The highest BCUT2D eigenvalue weighted by Crippen LogP contribution is 2.58. The second kappa shape index (κ2) is 18.2. The van der Waals surface area contributed by atoms with Gasteiger partial charge in [-0.25, -0.2) is 0 Å². The molecule has 0 radical (unpaired) electrons. The van der Waals surface area contributed by atoms with Crippen molar-refractivity contribution < 1.29 is 0 Å². The molecule has 13 aromatic carbocycles. The molecule has 0 amide bonds. The molecule has 16 rings (SSSR count). The van der Waals surface area contributed by atoms with Gasteiger partial charge in [-0.2, -0.15) is 0 Å². The van der Waals surface area contributed by atoms with Crippen molar-refractivity contribution in [1.82, 2.24) is 4.57 Å². The van der Waals surface area contributed by atoms with E-state index in [4.69, 9.17) is 0 Å². The van der Waals surface area contributed by atoms with Gasteiger partial charge in [0.1, 0.15) is 0 Å². The summed E-state index contributed by atoms with van der Waals surface area (Å²) in [5.41, 5.74) is 23.3. The van der Waals surface area contributed by atoms with Crippen LogP contribution in [0.3, 0.4) is 0 Å². The Balaban J connectivity index is 0.919. The smallest absolute Gasteiger partial charge is 0.0713 e. The van der Waals surface area contributed by atoms with Gasteiger partial charge in [-0.3, -0.25) is 0 Å². The summed E-state index contributed by atoms with van der Waals surface area (Å²) in [7, 11) is 0. The lowest BCUT2D eigenvalue weighted by Crippen LogP contribution is -2.28. The second-order valence-corrected chi connectivity index (χ2v) is 21.5. The average molecular weight is 1020 g/mol. The van der Waals surface area contributed by atoms with Crippen LogP contribution in [0.15, 0.2) is 315 Å². The monoisotopic (exact) mass is 1020 g/mol. The van der Waals surface area contributed by atoms with Crippen LogP contribution in [0, 0.1) is 0 Å². The maximum atomic E-state index is 2.50. The van der Waals surface area contributed by atoms with Crippen LogP contribution in [0.1, 0.15) is 44.5 Å². The molecular formula is C78H52N2. The van der Waals surface area contributed by atoms with Crippen molar-refractivity contribution in [3.63, 3.8) is 0 Å². The lowest BCUT2D eigenvalue weighted by atomic mass is 9.67. The number of hydrogen-bond donors (Lipinski definition) is 0. The van der Waals surface area contributed by atoms with Crippen molar-refractivity contribution in [3.05, 3.63) is 360 Å².